The Morgan fingerprint density at radius 2 is 2.00 bits per heavy atom. The minimum absolute atomic E-state index is 0.212. The van der Waals surface area contributed by atoms with E-state index in [0.717, 1.165) is 32.5 Å². The summed E-state index contributed by atoms with van der Waals surface area (Å²) >= 11 is 0. The maximum Gasteiger partial charge on any atom is 0.236 e. The summed E-state index contributed by atoms with van der Waals surface area (Å²) in [5, 5.41) is 3.16. The van der Waals surface area contributed by atoms with Gasteiger partial charge in [-0.25, -0.2) is 0 Å². The number of carbonyl (C=O) groups excluding carboxylic acids is 1. The van der Waals surface area contributed by atoms with Crippen LogP contribution in [0.5, 0.6) is 0 Å². The highest BCUT2D eigenvalue weighted by molar-refractivity contribution is 5.78. The van der Waals surface area contributed by atoms with Crippen LogP contribution in [0.3, 0.4) is 0 Å². The fourth-order valence-corrected chi connectivity index (χ4v) is 1.96. The molecule has 1 heterocycles. The second-order valence-electron chi connectivity index (χ2n) is 4.18. The molecule has 1 fully saturated rings. The van der Waals surface area contributed by atoms with Crippen molar-refractivity contribution >= 4 is 5.91 Å². The Kier molecular flexibility index (Phi) is 3.94. The van der Waals surface area contributed by atoms with Crippen LogP contribution in [0, 0.1) is 0 Å². The van der Waals surface area contributed by atoms with E-state index in [0.29, 0.717) is 6.54 Å². The smallest absolute Gasteiger partial charge is 0.236 e. The fourth-order valence-electron chi connectivity index (χ4n) is 1.96. The van der Waals surface area contributed by atoms with Gasteiger partial charge in [-0.2, -0.15) is 0 Å². The molecule has 0 unspecified atom stereocenters. The highest BCUT2D eigenvalue weighted by Crippen LogP contribution is 2.07. The second kappa shape index (κ2) is 5.66. The van der Waals surface area contributed by atoms with Gasteiger partial charge in [0.05, 0.1) is 6.54 Å². The fraction of sp³-hybridized carbons (Fsp3) is 0.462. The molecular formula is C13H18N2O. The first kappa shape index (κ1) is 11.1. The summed E-state index contributed by atoms with van der Waals surface area (Å²) in [7, 11) is 0. The van der Waals surface area contributed by atoms with E-state index in [4.69, 9.17) is 0 Å². The van der Waals surface area contributed by atoms with Gasteiger partial charge in [0.1, 0.15) is 0 Å². The molecule has 1 aromatic carbocycles. The second-order valence-corrected chi connectivity index (χ2v) is 4.18. The van der Waals surface area contributed by atoms with Gasteiger partial charge in [0.15, 0.2) is 0 Å². The molecule has 1 N–H and O–H groups in total. The van der Waals surface area contributed by atoms with E-state index in [1.807, 2.05) is 23.1 Å². The maximum atomic E-state index is 11.8. The van der Waals surface area contributed by atoms with Crippen molar-refractivity contribution in [1.29, 1.82) is 0 Å². The van der Waals surface area contributed by atoms with Crippen molar-refractivity contribution in [2.45, 2.75) is 19.4 Å². The van der Waals surface area contributed by atoms with Gasteiger partial charge < -0.3 is 10.2 Å². The van der Waals surface area contributed by atoms with E-state index in [9.17, 15) is 4.79 Å². The summed E-state index contributed by atoms with van der Waals surface area (Å²) < 4.78 is 0. The number of rotatable bonds is 2. The predicted molar refractivity (Wildman–Crippen MR) is 64.0 cm³/mol. The monoisotopic (exact) mass is 218 g/mol. The molecule has 0 spiro atoms. The van der Waals surface area contributed by atoms with Crippen molar-refractivity contribution in [1.82, 2.24) is 10.2 Å². The third kappa shape index (κ3) is 3.07. The van der Waals surface area contributed by atoms with Crippen LogP contribution < -0.4 is 5.32 Å². The SMILES string of the molecule is O=C1CNCCCCN1Cc1ccccc1. The summed E-state index contributed by atoms with van der Waals surface area (Å²) in [6.45, 7) is 3.06. The first-order valence-electron chi connectivity index (χ1n) is 5.89. The Hall–Kier alpha value is -1.35. The van der Waals surface area contributed by atoms with Gasteiger partial charge in [-0.1, -0.05) is 30.3 Å². The molecule has 3 nitrogen and oxygen atoms in total. The third-order valence-corrected chi connectivity index (χ3v) is 2.88. The highest BCUT2D eigenvalue weighted by atomic mass is 16.2. The molecule has 1 aromatic rings. The minimum Gasteiger partial charge on any atom is -0.337 e. The molecule has 0 saturated carbocycles. The molecule has 0 aliphatic carbocycles. The molecular weight excluding hydrogens is 200 g/mol. The van der Waals surface area contributed by atoms with Crippen LogP contribution in [0.4, 0.5) is 0 Å². The molecule has 2 rings (SSSR count). The van der Waals surface area contributed by atoms with Gasteiger partial charge in [-0.05, 0) is 24.9 Å². The van der Waals surface area contributed by atoms with Gasteiger partial charge >= 0.3 is 0 Å². The van der Waals surface area contributed by atoms with E-state index >= 15 is 0 Å². The Morgan fingerprint density at radius 3 is 2.81 bits per heavy atom. The lowest BCUT2D eigenvalue weighted by Gasteiger charge is -2.25. The van der Waals surface area contributed by atoms with Crippen molar-refractivity contribution in [3.63, 3.8) is 0 Å². The zero-order valence-electron chi connectivity index (χ0n) is 9.48. The van der Waals surface area contributed by atoms with Gasteiger partial charge in [0.2, 0.25) is 5.91 Å². The number of carbonyl (C=O) groups is 1. The quantitative estimate of drug-likeness (QED) is 0.813. The Labute approximate surface area is 96.5 Å². The number of hydrogen-bond acceptors (Lipinski definition) is 2. The number of nitrogens with zero attached hydrogens (tertiary/aromatic N) is 1. The first-order chi connectivity index (χ1) is 7.86. The molecule has 0 radical (unpaired) electrons. The first-order valence-corrected chi connectivity index (χ1v) is 5.89. The Bertz CT molecular complexity index is 337. The summed E-state index contributed by atoms with van der Waals surface area (Å²) in [5.74, 6) is 0.212. The van der Waals surface area contributed by atoms with Crippen LogP contribution in [-0.2, 0) is 11.3 Å². The van der Waals surface area contributed by atoms with Crippen LogP contribution in [0.1, 0.15) is 18.4 Å². The predicted octanol–water partition coefficient (Wildman–Crippen LogP) is 1.40. The summed E-state index contributed by atoms with van der Waals surface area (Å²) in [4.78, 5) is 13.8. The van der Waals surface area contributed by atoms with Crippen molar-refractivity contribution in [2.24, 2.45) is 0 Å². The van der Waals surface area contributed by atoms with Gasteiger partial charge in [-0.3, -0.25) is 4.79 Å². The Balaban J connectivity index is 1.98. The van der Waals surface area contributed by atoms with Gasteiger partial charge in [0, 0.05) is 13.1 Å². The van der Waals surface area contributed by atoms with Crippen LogP contribution in [0.15, 0.2) is 30.3 Å². The zero-order valence-corrected chi connectivity index (χ0v) is 9.48. The van der Waals surface area contributed by atoms with Crippen LogP contribution in [-0.4, -0.2) is 30.4 Å². The van der Waals surface area contributed by atoms with E-state index in [1.54, 1.807) is 0 Å². The molecule has 1 aliphatic rings. The minimum atomic E-state index is 0.212. The molecule has 1 amide bonds. The molecule has 0 aromatic heterocycles. The van der Waals surface area contributed by atoms with E-state index in [1.165, 1.54) is 5.56 Å². The number of amides is 1. The van der Waals surface area contributed by atoms with Crippen LogP contribution in [0.25, 0.3) is 0 Å². The van der Waals surface area contributed by atoms with E-state index < -0.39 is 0 Å². The topological polar surface area (TPSA) is 32.3 Å². The highest BCUT2D eigenvalue weighted by Gasteiger charge is 2.14. The summed E-state index contributed by atoms with van der Waals surface area (Å²) in [5.41, 5.74) is 1.21. The molecule has 16 heavy (non-hydrogen) atoms. The number of hydrogen-bond donors (Lipinski definition) is 1. The maximum absolute atomic E-state index is 11.8. The molecule has 3 heteroatoms. The number of nitrogens with one attached hydrogen (secondary N) is 1. The van der Waals surface area contributed by atoms with E-state index in [-0.39, 0.29) is 5.91 Å². The molecule has 86 valence electrons. The third-order valence-electron chi connectivity index (χ3n) is 2.88. The summed E-state index contributed by atoms with van der Waals surface area (Å²) in [6.07, 6.45) is 2.24. The lowest BCUT2D eigenvalue weighted by atomic mass is 10.2. The number of benzene rings is 1. The lowest BCUT2D eigenvalue weighted by Crippen LogP contribution is -2.40. The molecule has 0 bridgehead atoms. The van der Waals surface area contributed by atoms with Gasteiger partial charge in [-0.15, -0.1) is 0 Å². The molecule has 0 atom stereocenters. The van der Waals surface area contributed by atoms with Crippen molar-refractivity contribution in [3.8, 4) is 0 Å². The van der Waals surface area contributed by atoms with Crippen molar-refractivity contribution in [2.75, 3.05) is 19.6 Å². The van der Waals surface area contributed by atoms with E-state index in [2.05, 4.69) is 17.4 Å². The van der Waals surface area contributed by atoms with Crippen molar-refractivity contribution in [3.05, 3.63) is 35.9 Å². The molecule has 1 aliphatic heterocycles. The van der Waals surface area contributed by atoms with Crippen molar-refractivity contribution < 1.29 is 4.79 Å². The van der Waals surface area contributed by atoms with Gasteiger partial charge in [0.25, 0.3) is 0 Å². The average molecular weight is 218 g/mol. The average Bonchev–Trinajstić information content (AvgIpc) is 2.30. The largest absolute Gasteiger partial charge is 0.337 e. The lowest BCUT2D eigenvalue weighted by molar-refractivity contribution is -0.131. The van der Waals surface area contributed by atoms with Crippen LogP contribution in [0.2, 0.25) is 0 Å². The standard InChI is InChI=1S/C13H18N2O/c16-13-10-14-8-4-5-9-15(13)11-12-6-2-1-3-7-12/h1-3,6-7,14H,4-5,8-11H2. The summed E-state index contributed by atoms with van der Waals surface area (Å²) in [6, 6.07) is 10.2. The van der Waals surface area contributed by atoms with Crippen LogP contribution >= 0.6 is 0 Å². The molecule has 1 saturated heterocycles. The Morgan fingerprint density at radius 1 is 1.19 bits per heavy atom. The zero-order chi connectivity index (χ0) is 11.2. The normalized spacial score (nSPS) is 18.0.